The van der Waals surface area contributed by atoms with Crippen molar-refractivity contribution in [3.63, 3.8) is 0 Å². The summed E-state index contributed by atoms with van der Waals surface area (Å²) in [4.78, 5) is 0. The molecule has 0 aromatic rings. The van der Waals surface area contributed by atoms with Crippen LogP contribution in [0.2, 0.25) is 0 Å². The minimum atomic E-state index is 0.679. The third-order valence-electron chi connectivity index (χ3n) is 2.27. The van der Waals surface area contributed by atoms with Gasteiger partial charge in [-0.2, -0.15) is 0 Å². The molecule has 1 aliphatic heterocycles. The Morgan fingerprint density at radius 1 is 1.25 bits per heavy atom. The Morgan fingerprint density at radius 2 is 2.12 bits per heavy atom. The standard InChI is InChI=1S/C7H12O/c1-5-2-3-6-7(4-5)8-6/h5-7H,2-4H2,1H3/t5?,6-,7?/m1/s1. The lowest BCUT2D eigenvalue weighted by Gasteiger charge is -2.11. The van der Waals surface area contributed by atoms with Crippen molar-refractivity contribution in [1.82, 2.24) is 0 Å². The molecule has 0 radical (unpaired) electrons. The predicted octanol–water partition coefficient (Wildman–Crippen LogP) is 1.57. The van der Waals surface area contributed by atoms with Gasteiger partial charge < -0.3 is 4.74 Å². The van der Waals surface area contributed by atoms with Crippen molar-refractivity contribution in [1.29, 1.82) is 0 Å². The molecule has 0 amide bonds. The molecule has 1 aliphatic carbocycles. The van der Waals surface area contributed by atoms with E-state index in [9.17, 15) is 0 Å². The van der Waals surface area contributed by atoms with Crippen LogP contribution in [0.15, 0.2) is 0 Å². The topological polar surface area (TPSA) is 12.5 Å². The molecule has 0 aromatic heterocycles. The zero-order valence-corrected chi connectivity index (χ0v) is 5.26. The first-order valence-corrected chi connectivity index (χ1v) is 3.52. The van der Waals surface area contributed by atoms with Crippen LogP contribution in [-0.2, 0) is 4.74 Å². The fourth-order valence-corrected chi connectivity index (χ4v) is 1.60. The van der Waals surface area contributed by atoms with E-state index < -0.39 is 0 Å². The van der Waals surface area contributed by atoms with Crippen molar-refractivity contribution in [3.05, 3.63) is 0 Å². The summed E-state index contributed by atoms with van der Waals surface area (Å²) in [7, 11) is 0. The lowest BCUT2D eigenvalue weighted by atomic mass is 9.91. The van der Waals surface area contributed by atoms with Gasteiger partial charge in [0.15, 0.2) is 0 Å². The van der Waals surface area contributed by atoms with Crippen LogP contribution in [0.1, 0.15) is 26.2 Å². The van der Waals surface area contributed by atoms with E-state index >= 15 is 0 Å². The van der Waals surface area contributed by atoms with E-state index in [1.54, 1.807) is 0 Å². The normalized spacial score (nSPS) is 52.9. The highest BCUT2D eigenvalue weighted by Gasteiger charge is 2.42. The van der Waals surface area contributed by atoms with Crippen molar-refractivity contribution >= 4 is 0 Å². The van der Waals surface area contributed by atoms with Gasteiger partial charge in [0.2, 0.25) is 0 Å². The SMILES string of the molecule is CC1CC[C@H]2OC2C1. The zero-order valence-electron chi connectivity index (χ0n) is 5.26. The number of hydrogen-bond acceptors (Lipinski definition) is 1. The van der Waals surface area contributed by atoms with Crippen LogP contribution in [-0.4, -0.2) is 12.2 Å². The number of hydrogen-bond donors (Lipinski definition) is 0. The summed E-state index contributed by atoms with van der Waals surface area (Å²) < 4.78 is 5.35. The largest absolute Gasteiger partial charge is 0.370 e. The number of rotatable bonds is 0. The molecule has 0 aromatic carbocycles. The summed E-state index contributed by atoms with van der Waals surface area (Å²) in [5, 5.41) is 0. The summed E-state index contributed by atoms with van der Waals surface area (Å²) in [6.07, 6.45) is 5.41. The maximum Gasteiger partial charge on any atom is 0.0844 e. The van der Waals surface area contributed by atoms with Gasteiger partial charge in [0, 0.05) is 0 Å². The van der Waals surface area contributed by atoms with Crippen LogP contribution >= 0.6 is 0 Å². The Balaban J connectivity index is 1.93. The van der Waals surface area contributed by atoms with Gasteiger partial charge in [-0.25, -0.2) is 0 Å². The summed E-state index contributed by atoms with van der Waals surface area (Å²) >= 11 is 0. The Kier molecular flexibility index (Phi) is 0.884. The van der Waals surface area contributed by atoms with Gasteiger partial charge in [0.25, 0.3) is 0 Å². The van der Waals surface area contributed by atoms with Crippen molar-refractivity contribution in [2.75, 3.05) is 0 Å². The molecule has 2 unspecified atom stereocenters. The van der Waals surface area contributed by atoms with Crippen molar-refractivity contribution < 1.29 is 4.74 Å². The number of fused-ring (bicyclic) bond motifs is 1. The average molecular weight is 112 g/mol. The Hall–Kier alpha value is -0.0400. The van der Waals surface area contributed by atoms with Crippen LogP contribution < -0.4 is 0 Å². The molecule has 2 aliphatic rings. The molecule has 1 heteroatoms. The minimum Gasteiger partial charge on any atom is -0.370 e. The molecule has 8 heavy (non-hydrogen) atoms. The monoisotopic (exact) mass is 112 g/mol. The molecule has 46 valence electrons. The second-order valence-corrected chi connectivity index (χ2v) is 3.13. The molecule has 1 saturated carbocycles. The van der Waals surface area contributed by atoms with Crippen LogP contribution in [0.5, 0.6) is 0 Å². The average Bonchev–Trinajstić information content (AvgIpc) is 2.43. The van der Waals surface area contributed by atoms with Gasteiger partial charge in [0.05, 0.1) is 12.2 Å². The highest BCUT2D eigenvalue weighted by Crippen LogP contribution is 2.38. The van der Waals surface area contributed by atoms with Crippen LogP contribution in [0.25, 0.3) is 0 Å². The third kappa shape index (κ3) is 0.655. The highest BCUT2D eigenvalue weighted by atomic mass is 16.6. The first kappa shape index (κ1) is 4.80. The van der Waals surface area contributed by atoms with Gasteiger partial charge in [-0.05, 0) is 25.2 Å². The molecule has 2 fully saturated rings. The van der Waals surface area contributed by atoms with Crippen LogP contribution in [0.3, 0.4) is 0 Å². The molecule has 2 rings (SSSR count). The first-order valence-electron chi connectivity index (χ1n) is 3.52. The van der Waals surface area contributed by atoms with Crippen molar-refractivity contribution in [2.45, 2.75) is 38.4 Å². The van der Waals surface area contributed by atoms with Gasteiger partial charge in [-0.3, -0.25) is 0 Å². The summed E-state index contributed by atoms with van der Waals surface area (Å²) in [6, 6.07) is 0. The lowest BCUT2D eigenvalue weighted by molar-refractivity contribution is 0.367. The molecular weight excluding hydrogens is 100 g/mol. The van der Waals surface area contributed by atoms with E-state index in [1.807, 2.05) is 0 Å². The van der Waals surface area contributed by atoms with Gasteiger partial charge in [-0.15, -0.1) is 0 Å². The fourth-order valence-electron chi connectivity index (χ4n) is 1.60. The minimum absolute atomic E-state index is 0.679. The number of ether oxygens (including phenoxy) is 1. The Bertz CT molecular complexity index is 101. The quantitative estimate of drug-likeness (QED) is 0.433. The first-order chi connectivity index (χ1) is 3.86. The van der Waals surface area contributed by atoms with E-state index in [2.05, 4.69) is 6.92 Å². The van der Waals surface area contributed by atoms with Crippen LogP contribution in [0.4, 0.5) is 0 Å². The second-order valence-electron chi connectivity index (χ2n) is 3.13. The van der Waals surface area contributed by atoms with Gasteiger partial charge in [-0.1, -0.05) is 6.92 Å². The molecule has 3 atom stereocenters. The summed E-state index contributed by atoms with van der Waals surface area (Å²) in [6.45, 7) is 2.32. The Morgan fingerprint density at radius 3 is 2.75 bits per heavy atom. The van der Waals surface area contributed by atoms with E-state index in [1.165, 1.54) is 19.3 Å². The van der Waals surface area contributed by atoms with E-state index in [4.69, 9.17) is 4.74 Å². The van der Waals surface area contributed by atoms with Crippen molar-refractivity contribution in [2.24, 2.45) is 5.92 Å². The van der Waals surface area contributed by atoms with E-state index in [-0.39, 0.29) is 0 Å². The summed E-state index contributed by atoms with van der Waals surface area (Å²) in [5.41, 5.74) is 0. The molecule has 1 saturated heterocycles. The lowest BCUT2D eigenvalue weighted by Crippen LogP contribution is -2.09. The van der Waals surface area contributed by atoms with E-state index in [0.717, 1.165) is 5.92 Å². The van der Waals surface area contributed by atoms with E-state index in [0.29, 0.717) is 12.2 Å². The second kappa shape index (κ2) is 1.47. The predicted molar refractivity (Wildman–Crippen MR) is 31.7 cm³/mol. The molecule has 0 N–H and O–H groups in total. The highest BCUT2D eigenvalue weighted by molar-refractivity contribution is 4.90. The van der Waals surface area contributed by atoms with Gasteiger partial charge in [0.1, 0.15) is 0 Å². The van der Waals surface area contributed by atoms with Crippen molar-refractivity contribution in [3.8, 4) is 0 Å². The number of epoxide rings is 1. The maximum atomic E-state index is 5.35. The molecule has 0 bridgehead atoms. The molecular formula is C7H12O. The summed E-state index contributed by atoms with van der Waals surface area (Å²) in [5.74, 6) is 0.929. The third-order valence-corrected chi connectivity index (χ3v) is 2.27. The Labute approximate surface area is 50.0 Å². The smallest absolute Gasteiger partial charge is 0.0844 e. The maximum absolute atomic E-state index is 5.35. The van der Waals surface area contributed by atoms with Crippen LogP contribution in [0, 0.1) is 5.92 Å². The molecule has 1 heterocycles. The van der Waals surface area contributed by atoms with Gasteiger partial charge >= 0.3 is 0 Å². The molecule has 0 spiro atoms. The fraction of sp³-hybridized carbons (Fsp3) is 1.00. The zero-order chi connectivity index (χ0) is 5.56. The molecule has 1 nitrogen and oxygen atoms in total.